The minimum Gasteiger partial charge on any atom is -0.311 e. The molecule has 11 aromatic carbocycles. The number of hydrogen-bond acceptors (Lipinski definition) is 1. The largest absolute Gasteiger partial charge is 0.311 e. The molecule has 0 N–H and O–H groups in total. The summed E-state index contributed by atoms with van der Waals surface area (Å²) in [6.07, 6.45) is 0. The quantitative estimate of drug-likeness (QED) is 0.149. The van der Waals surface area contributed by atoms with Crippen LogP contribution in [0.5, 0.6) is 0 Å². The third kappa shape index (κ3) is 6.38. The molecule has 3 aromatic heterocycles. The zero-order valence-electron chi connectivity index (χ0n) is 38.2. The van der Waals surface area contributed by atoms with Crippen molar-refractivity contribution in [3.63, 3.8) is 0 Å². The van der Waals surface area contributed by atoms with Crippen LogP contribution in [0.1, 0.15) is 0 Å². The summed E-state index contributed by atoms with van der Waals surface area (Å²) in [5.41, 5.74) is 18.7. The molecule has 0 atom stereocenters. The van der Waals surface area contributed by atoms with Gasteiger partial charge in [0.1, 0.15) is 0 Å². The molecule has 0 fully saturated rings. The van der Waals surface area contributed by atoms with Gasteiger partial charge in [-0.05, 0) is 150 Å². The standard InChI is InChI=1S/C66H44N4/c1-4-16-49(17-5-1)67(50-18-6-2-7-19-50)52-33-28-45(29-34-52)46-30-39-65-59(42-46)60-44-48(32-41-66(60)68(65)51-20-8-3-9-21-51)47-31-40-64-58(43-47)57-24-12-15-27-63(57)70(64)54-37-35-53(36-38-54)69-61-25-13-10-22-55(61)56-23-11-14-26-62(56)69/h1-44H. The Balaban J connectivity index is 0.866. The van der Waals surface area contributed by atoms with Crippen LogP contribution in [0.15, 0.2) is 267 Å². The van der Waals surface area contributed by atoms with E-state index >= 15 is 0 Å². The van der Waals surface area contributed by atoms with Crippen molar-refractivity contribution in [2.75, 3.05) is 4.90 Å². The van der Waals surface area contributed by atoms with Crippen LogP contribution in [0.3, 0.4) is 0 Å². The number of fused-ring (bicyclic) bond motifs is 9. The second-order valence-electron chi connectivity index (χ2n) is 18.2. The molecule has 0 bridgehead atoms. The Hall–Kier alpha value is -9.38. The summed E-state index contributed by atoms with van der Waals surface area (Å²) >= 11 is 0. The summed E-state index contributed by atoms with van der Waals surface area (Å²) in [5.74, 6) is 0. The van der Waals surface area contributed by atoms with E-state index in [1.54, 1.807) is 0 Å². The number of para-hydroxylation sites is 6. The average molecular weight is 893 g/mol. The molecule has 0 aliphatic rings. The first-order valence-electron chi connectivity index (χ1n) is 24.0. The smallest absolute Gasteiger partial charge is 0.0541 e. The summed E-state index contributed by atoms with van der Waals surface area (Å²) in [4.78, 5) is 2.31. The van der Waals surface area contributed by atoms with Crippen molar-refractivity contribution >= 4 is 82.5 Å². The van der Waals surface area contributed by atoms with Crippen LogP contribution in [0.2, 0.25) is 0 Å². The fourth-order valence-electron chi connectivity index (χ4n) is 11.0. The minimum atomic E-state index is 1.11. The molecule has 70 heavy (non-hydrogen) atoms. The lowest BCUT2D eigenvalue weighted by Gasteiger charge is -2.25. The van der Waals surface area contributed by atoms with Crippen LogP contribution in [-0.4, -0.2) is 13.7 Å². The van der Waals surface area contributed by atoms with Gasteiger partial charge in [0, 0.05) is 66.4 Å². The van der Waals surface area contributed by atoms with Crippen molar-refractivity contribution in [1.82, 2.24) is 13.7 Å². The van der Waals surface area contributed by atoms with Gasteiger partial charge in [0.05, 0.1) is 33.1 Å². The Morgan fingerprint density at radius 1 is 0.200 bits per heavy atom. The summed E-state index contributed by atoms with van der Waals surface area (Å²) in [6.45, 7) is 0. The van der Waals surface area contributed by atoms with Crippen LogP contribution in [-0.2, 0) is 0 Å². The molecule has 0 unspecified atom stereocenters. The summed E-state index contributed by atoms with van der Waals surface area (Å²) in [5, 5.41) is 7.44. The molecular formula is C66H44N4. The van der Waals surface area contributed by atoms with Gasteiger partial charge in [-0.15, -0.1) is 0 Å². The lowest BCUT2D eigenvalue weighted by molar-refractivity contribution is 1.14. The van der Waals surface area contributed by atoms with Gasteiger partial charge in [0.15, 0.2) is 0 Å². The zero-order valence-corrected chi connectivity index (χ0v) is 38.2. The molecule has 14 rings (SSSR count). The Labute approximate surface area is 405 Å². The maximum Gasteiger partial charge on any atom is 0.0541 e. The lowest BCUT2D eigenvalue weighted by Crippen LogP contribution is -2.09. The molecule has 4 nitrogen and oxygen atoms in total. The molecule has 0 saturated carbocycles. The van der Waals surface area contributed by atoms with Gasteiger partial charge in [-0.2, -0.15) is 0 Å². The maximum atomic E-state index is 2.41. The van der Waals surface area contributed by atoms with E-state index in [1.807, 2.05) is 0 Å². The van der Waals surface area contributed by atoms with Crippen LogP contribution >= 0.6 is 0 Å². The van der Waals surface area contributed by atoms with Gasteiger partial charge in [-0.3, -0.25) is 0 Å². The lowest BCUT2D eigenvalue weighted by atomic mass is 9.99. The van der Waals surface area contributed by atoms with Gasteiger partial charge in [-0.1, -0.05) is 140 Å². The second-order valence-corrected chi connectivity index (χ2v) is 18.2. The third-order valence-corrected chi connectivity index (χ3v) is 14.2. The highest BCUT2D eigenvalue weighted by Crippen LogP contribution is 2.41. The van der Waals surface area contributed by atoms with E-state index < -0.39 is 0 Å². The molecule has 0 amide bonds. The first-order chi connectivity index (χ1) is 34.7. The molecule has 4 heteroatoms. The van der Waals surface area contributed by atoms with Crippen molar-refractivity contribution < 1.29 is 0 Å². The number of rotatable bonds is 8. The Kier molecular flexibility index (Phi) is 9.17. The maximum absolute atomic E-state index is 2.41. The van der Waals surface area contributed by atoms with Crippen LogP contribution < -0.4 is 4.90 Å². The first-order valence-corrected chi connectivity index (χ1v) is 24.0. The van der Waals surface area contributed by atoms with E-state index in [-0.39, 0.29) is 0 Å². The van der Waals surface area contributed by atoms with Crippen molar-refractivity contribution in [2.24, 2.45) is 0 Å². The van der Waals surface area contributed by atoms with Crippen molar-refractivity contribution in [1.29, 1.82) is 0 Å². The van der Waals surface area contributed by atoms with E-state index in [2.05, 4.69) is 286 Å². The molecule has 0 spiro atoms. The highest BCUT2D eigenvalue weighted by Gasteiger charge is 2.19. The number of hydrogen-bond donors (Lipinski definition) is 0. The molecule has 0 aliphatic heterocycles. The summed E-state index contributed by atoms with van der Waals surface area (Å²) < 4.78 is 7.20. The van der Waals surface area contributed by atoms with E-state index in [1.165, 1.54) is 87.7 Å². The average Bonchev–Trinajstić information content (AvgIpc) is 4.07. The SMILES string of the molecule is c1ccc(N(c2ccccc2)c2ccc(-c3ccc4c(c3)c3cc(-c5ccc6c(c5)c5ccccc5n6-c5ccc(-n6c7ccccc7c7ccccc76)cc5)ccc3n4-c3ccccc3)cc2)cc1. The number of aromatic nitrogens is 3. The predicted molar refractivity (Wildman–Crippen MR) is 295 cm³/mol. The topological polar surface area (TPSA) is 18.0 Å². The van der Waals surface area contributed by atoms with Crippen LogP contribution in [0, 0.1) is 0 Å². The predicted octanol–water partition coefficient (Wildman–Crippen LogP) is 17.8. The number of nitrogens with zero attached hydrogens (tertiary/aromatic N) is 4. The molecule has 3 heterocycles. The van der Waals surface area contributed by atoms with Gasteiger partial charge >= 0.3 is 0 Å². The Morgan fingerprint density at radius 2 is 0.486 bits per heavy atom. The van der Waals surface area contributed by atoms with Crippen molar-refractivity contribution in [2.45, 2.75) is 0 Å². The van der Waals surface area contributed by atoms with Crippen molar-refractivity contribution in [3.05, 3.63) is 267 Å². The fourth-order valence-corrected chi connectivity index (χ4v) is 11.0. The van der Waals surface area contributed by atoms with Crippen molar-refractivity contribution in [3.8, 4) is 39.3 Å². The third-order valence-electron chi connectivity index (χ3n) is 14.2. The number of anilines is 3. The summed E-state index contributed by atoms with van der Waals surface area (Å²) in [6, 6.07) is 97.0. The van der Waals surface area contributed by atoms with E-state index in [4.69, 9.17) is 0 Å². The highest BCUT2D eigenvalue weighted by molar-refractivity contribution is 6.14. The zero-order chi connectivity index (χ0) is 46.1. The molecule has 328 valence electrons. The van der Waals surface area contributed by atoms with E-state index in [0.29, 0.717) is 0 Å². The van der Waals surface area contributed by atoms with Gasteiger partial charge in [-0.25, -0.2) is 0 Å². The van der Waals surface area contributed by atoms with Gasteiger partial charge in [0.2, 0.25) is 0 Å². The van der Waals surface area contributed by atoms with E-state index in [9.17, 15) is 0 Å². The Bertz CT molecular complexity index is 4160. The molecule has 0 aliphatic carbocycles. The van der Waals surface area contributed by atoms with Gasteiger partial charge < -0.3 is 18.6 Å². The fraction of sp³-hybridized carbons (Fsp3) is 0. The molecule has 0 saturated heterocycles. The second kappa shape index (κ2) is 16.2. The normalized spacial score (nSPS) is 11.7. The van der Waals surface area contributed by atoms with E-state index in [0.717, 1.165) is 34.1 Å². The minimum absolute atomic E-state index is 1.11. The van der Waals surface area contributed by atoms with Crippen LogP contribution in [0.4, 0.5) is 17.1 Å². The number of benzene rings is 11. The molecule has 14 aromatic rings. The van der Waals surface area contributed by atoms with Gasteiger partial charge in [0.25, 0.3) is 0 Å². The highest BCUT2D eigenvalue weighted by atomic mass is 15.1. The molecular weight excluding hydrogens is 849 g/mol. The first kappa shape index (κ1) is 39.8. The Morgan fingerprint density at radius 3 is 0.914 bits per heavy atom. The van der Waals surface area contributed by atoms with Crippen LogP contribution in [0.25, 0.3) is 105 Å². The molecule has 0 radical (unpaired) electrons. The summed E-state index contributed by atoms with van der Waals surface area (Å²) in [7, 11) is 0. The monoisotopic (exact) mass is 892 g/mol.